The van der Waals surface area contributed by atoms with E-state index in [0.717, 1.165) is 12.5 Å². The number of aromatic nitrogens is 6. The van der Waals surface area contributed by atoms with Gasteiger partial charge in [-0.05, 0) is 93.0 Å². The molecule has 2 aromatic heterocycles. The molecule has 20 nitrogen and oxygen atoms in total. The molecule has 2 aromatic rings. The van der Waals surface area contributed by atoms with E-state index in [-0.39, 0.29) is 52.2 Å². The van der Waals surface area contributed by atoms with Gasteiger partial charge in [-0.25, -0.2) is 9.97 Å². The molecule has 49 heavy (non-hydrogen) atoms. The van der Waals surface area contributed by atoms with Crippen LogP contribution in [-0.4, -0.2) is 100 Å². The van der Waals surface area contributed by atoms with Gasteiger partial charge in [-0.15, -0.1) is 0 Å². The Morgan fingerprint density at radius 2 is 1.10 bits per heavy atom. The summed E-state index contributed by atoms with van der Waals surface area (Å²) in [7, 11) is -5.29. The van der Waals surface area contributed by atoms with Crippen LogP contribution in [0.1, 0.15) is 54.4 Å². The summed E-state index contributed by atoms with van der Waals surface area (Å²) >= 11 is 9.89. The summed E-state index contributed by atoms with van der Waals surface area (Å²) in [5.41, 5.74) is 17.0. The summed E-state index contributed by atoms with van der Waals surface area (Å²) in [6.45, 7) is 16.0. The Morgan fingerprint density at radius 1 is 0.694 bits per heavy atom. The monoisotopic (exact) mass is 768 g/mol. The Balaban J connectivity index is 0.000000934. The summed E-state index contributed by atoms with van der Waals surface area (Å²) in [6, 6.07) is 1.36. The fourth-order valence-corrected chi connectivity index (χ4v) is 9.72. The summed E-state index contributed by atoms with van der Waals surface area (Å²) in [6.07, 6.45) is 1.50. The molecule has 0 radical (unpaired) electrons. The fraction of sp³-hybridized carbons (Fsp3) is 0.750. The van der Waals surface area contributed by atoms with Gasteiger partial charge in [-0.2, -0.15) is 15.0 Å². The van der Waals surface area contributed by atoms with Gasteiger partial charge < -0.3 is 54.8 Å². The standard InChI is InChI=1S/C12H22N10O3Si.C12H24N4O3S2Si.Na/c1-4-23-26(24-5-2,25-6-3)9-7-8-15-10-16-11(19-21-13)18-12(17-10)20-22-14;1-4-17-22(18-5-2,19-6-3)9-7-8-13-10-14-11(20)16-12(21)15-10;/h4-9H2,1-3H3,(H,15,16,17,18);4-9H2,1-3H3,(H3,13,14,15,16,20,21);/q;;+1/p-1. The van der Waals surface area contributed by atoms with Gasteiger partial charge in [-0.1, -0.05) is 0 Å². The van der Waals surface area contributed by atoms with Crippen LogP contribution in [0.5, 0.6) is 0 Å². The molecule has 0 bridgehead atoms. The van der Waals surface area contributed by atoms with Gasteiger partial charge in [0, 0.05) is 74.6 Å². The van der Waals surface area contributed by atoms with Gasteiger partial charge in [-0.3, -0.25) is 0 Å². The summed E-state index contributed by atoms with van der Waals surface area (Å²) in [5, 5.41) is 13.0. The van der Waals surface area contributed by atoms with Crippen molar-refractivity contribution in [1.29, 1.82) is 0 Å². The van der Waals surface area contributed by atoms with Crippen molar-refractivity contribution in [3.63, 3.8) is 0 Å². The molecule has 0 saturated heterocycles. The number of aromatic amines is 1. The number of H-pyrrole nitrogens is 1. The van der Waals surface area contributed by atoms with E-state index in [9.17, 15) is 0 Å². The number of hydrogen-bond acceptors (Lipinski definition) is 17. The maximum absolute atomic E-state index is 8.48. The summed E-state index contributed by atoms with van der Waals surface area (Å²) in [5.74, 6) is 0.297. The van der Waals surface area contributed by atoms with Gasteiger partial charge in [0.25, 0.3) is 0 Å². The third kappa shape index (κ3) is 19.2. The Kier molecular flexibility index (Phi) is 26.4. The first kappa shape index (κ1) is 46.9. The molecule has 2 heterocycles. The molecule has 0 fully saturated rings. The van der Waals surface area contributed by atoms with Crippen LogP contribution in [0.4, 0.5) is 23.8 Å². The van der Waals surface area contributed by atoms with Gasteiger partial charge in [0.1, 0.15) is 0 Å². The molecule has 0 spiro atoms. The van der Waals surface area contributed by atoms with Crippen molar-refractivity contribution in [3.05, 3.63) is 25.7 Å². The second kappa shape index (κ2) is 27.6. The molecule has 0 amide bonds. The Morgan fingerprint density at radius 3 is 1.47 bits per heavy atom. The average Bonchev–Trinajstić information content (AvgIpc) is 3.03. The normalized spacial score (nSPS) is 10.9. The van der Waals surface area contributed by atoms with Crippen LogP contribution >= 0.6 is 12.2 Å². The molecule has 25 heteroatoms. The van der Waals surface area contributed by atoms with Gasteiger partial charge in [0.05, 0.1) is 0 Å². The van der Waals surface area contributed by atoms with Gasteiger partial charge in [0.2, 0.25) is 28.6 Å². The zero-order valence-corrected chi connectivity index (χ0v) is 34.8. The van der Waals surface area contributed by atoms with Crippen LogP contribution in [0.2, 0.25) is 12.1 Å². The van der Waals surface area contributed by atoms with Crippen molar-refractivity contribution in [3.8, 4) is 0 Å². The van der Waals surface area contributed by atoms with Crippen molar-refractivity contribution in [1.82, 2.24) is 29.9 Å². The summed E-state index contributed by atoms with van der Waals surface area (Å²) < 4.78 is 35.0. The minimum atomic E-state index is -2.71. The molecule has 268 valence electrons. The van der Waals surface area contributed by atoms with Crippen LogP contribution < -0.4 is 40.2 Å². The molecule has 0 aliphatic heterocycles. The second-order valence-corrected chi connectivity index (χ2v) is 15.2. The maximum Gasteiger partial charge on any atom is 1.00 e. The van der Waals surface area contributed by atoms with Crippen molar-refractivity contribution in [2.45, 2.75) is 71.6 Å². The second-order valence-electron chi connectivity index (χ2n) is 8.95. The van der Waals surface area contributed by atoms with Crippen LogP contribution in [0.3, 0.4) is 0 Å². The first-order valence-electron chi connectivity index (χ1n) is 15.5. The SMILES string of the molecule is CCO[Si](CCCNc1nc(=S)nc([S-])[nH]1)(OCC)OCC.CCO[Si](CCCNc1nc(N=[N+]=[N-])nc(N=[N+]=[N-])n1)(OCC)OCC.[Na+]. The zero-order chi connectivity index (χ0) is 35.7. The third-order valence-corrected chi connectivity index (χ3v) is 12.3. The van der Waals surface area contributed by atoms with Crippen LogP contribution in [-0.2, 0) is 39.2 Å². The third-order valence-electron chi connectivity index (χ3n) is 5.59. The summed E-state index contributed by atoms with van der Waals surface area (Å²) in [4.78, 5) is 27.5. The molecule has 3 N–H and O–H groups in total. The minimum Gasteiger partial charge on any atom is -0.742 e. The number of rotatable bonds is 24. The van der Waals surface area contributed by atoms with E-state index in [1.54, 1.807) is 0 Å². The van der Waals surface area contributed by atoms with Crippen molar-refractivity contribution >= 4 is 66.2 Å². The van der Waals surface area contributed by atoms with E-state index < -0.39 is 17.6 Å². The van der Waals surface area contributed by atoms with E-state index in [2.05, 4.69) is 60.6 Å². The number of nitrogens with zero attached hydrogens (tertiary/aromatic N) is 11. The number of nitrogens with one attached hydrogen (secondary N) is 3. The van der Waals surface area contributed by atoms with Crippen molar-refractivity contribution in [2.75, 3.05) is 63.4 Å². The topological polar surface area (TPSA) is 257 Å². The molecule has 0 saturated carbocycles. The van der Waals surface area contributed by atoms with E-state index in [4.69, 9.17) is 62.5 Å². The zero-order valence-electron chi connectivity index (χ0n) is 29.2. The predicted molar refractivity (Wildman–Crippen MR) is 187 cm³/mol. The fourth-order valence-electron chi connectivity index (χ4n) is 4.07. The largest absolute Gasteiger partial charge is 1.00 e. The molecule has 0 aliphatic carbocycles. The van der Waals surface area contributed by atoms with Crippen molar-refractivity contribution < 1.29 is 56.1 Å². The number of anilines is 2. The van der Waals surface area contributed by atoms with Gasteiger partial charge >= 0.3 is 47.2 Å². The van der Waals surface area contributed by atoms with Gasteiger partial charge in [0.15, 0.2) is 0 Å². The first-order chi connectivity index (χ1) is 23.2. The molecule has 2 rings (SSSR count). The van der Waals surface area contributed by atoms with Crippen LogP contribution in [0.25, 0.3) is 20.9 Å². The smallest absolute Gasteiger partial charge is 0.742 e. The quantitative estimate of drug-likeness (QED) is 0.0264. The predicted octanol–water partition coefficient (Wildman–Crippen LogP) is 2.90. The Labute approximate surface area is 321 Å². The van der Waals surface area contributed by atoms with E-state index >= 15 is 0 Å². The van der Waals surface area contributed by atoms with Crippen molar-refractivity contribution in [2.24, 2.45) is 10.2 Å². The molecular weight excluding hydrogens is 724 g/mol. The Hall–Kier alpha value is -2.13. The number of hydrogen-bond donors (Lipinski definition) is 3. The van der Waals surface area contributed by atoms with Crippen LogP contribution in [0.15, 0.2) is 15.4 Å². The van der Waals surface area contributed by atoms with E-state index in [1.165, 1.54) is 0 Å². The molecular formula is C24H45N14NaO6S2Si2. The van der Waals surface area contributed by atoms with Crippen LogP contribution in [0, 0.1) is 4.77 Å². The minimum absolute atomic E-state index is 0. The average molecular weight is 769 g/mol. The molecule has 0 aromatic carbocycles. The Bertz CT molecular complexity index is 1310. The van der Waals surface area contributed by atoms with E-state index in [0.29, 0.717) is 76.3 Å². The van der Waals surface area contributed by atoms with E-state index in [1.807, 2.05) is 41.5 Å². The molecule has 0 aliphatic rings. The maximum atomic E-state index is 8.48. The number of azide groups is 2. The molecule has 0 unspecified atom stereocenters. The molecule has 0 atom stereocenters. The first-order valence-corrected chi connectivity index (χ1v) is 20.2.